The van der Waals surface area contributed by atoms with E-state index < -0.39 is 24.0 Å². The predicted octanol–water partition coefficient (Wildman–Crippen LogP) is 8.94. The summed E-state index contributed by atoms with van der Waals surface area (Å²) >= 11 is 16.1. The maximum absolute atomic E-state index is 12.3. The van der Waals surface area contributed by atoms with Crippen molar-refractivity contribution >= 4 is 75.7 Å². The number of aromatic hydroxyl groups is 1. The molecule has 2 atom stereocenters. The summed E-state index contributed by atoms with van der Waals surface area (Å²) in [5.74, 6) is -3.26. The van der Waals surface area contributed by atoms with Gasteiger partial charge in [0, 0.05) is 51.5 Å². The number of aromatic carboxylic acids is 1. The van der Waals surface area contributed by atoms with Crippen LogP contribution in [0.2, 0.25) is 10.0 Å². The highest BCUT2D eigenvalue weighted by atomic mass is 35.5. The second-order valence-electron chi connectivity index (χ2n) is 14.3. The number of carboxylic acid groups (broad SMARTS) is 2. The molecule has 2 aliphatic heterocycles. The van der Waals surface area contributed by atoms with E-state index in [0.29, 0.717) is 15.6 Å². The van der Waals surface area contributed by atoms with E-state index in [0.717, 1.165) is 50.1 Å². The molecule has 2 aromatic heterocycles. The number of hydrogen-bond donors (Lipinski definition) is 4. The molecule has 4 heterocycles. The minimum atomic E-state index is -1.11. The summed E-state index contributed by atoms with van der Waals surface area (Å²) in [6, 6.07) is 32.6. The van der Waals surface area contributed by atoms with Gasteiger partial charge >= 0.3 is 23.9 Å². The van der Waals surface area contributed by atoms with Crippen molar-refractivity contribution < 1.29 is 48.8 Å². The molecule has 65 heavy (non-hydrogen) atoms. The van der Waals surface area contributed by atoms with E-state index in [-0.39, 0.29) is 35.7 Å². The van der Waals surface area contributed by atoms with Crippen molar-refractivity contribution in [2.45, 2.75) is 38.0 Å². The second kappa shape index (κ2) is 24.8. The van der Waals surface area contributed by atoms with E-state index in [2.05, 4.69) is 38.0 Å². The smallest absolute Gasteiger partial charge is 0.339 e. The minimum Gasteiger partial charge on any atom is -0.507 e. The number of esters is 2. The number of phenols is 1. The molecule has 4 N–H and O–H groups in total. The number of amides is 1. The SMILES string of the molecule is COC(=O)[C@H](c1ccccc1Cl)N1CCc2sccc2C1.COC(=O)[C@H](c1ccccc1Cl)N1CCc2sccc2C1.O=C(O)CNC(=O)c1ccccc1.O=C(O)c1ccccc1O. The number of aliphatic carboxylic acids is 1. The molecule has 4 aromatic carbocycles. The molecule has 17 heteroatoms. The third-order valence-electron chi connectivity index (χ3n) is 10.2. The number of methoxy groups -OCH3 is 2. The maximum atomic E-state index is 12.3. The van der Waals surface area contributed by atoms with Gasteiger partial charge in [0.25, 0.3) is 5.91 Å². The van der Waals surface area contributed by atoms with E-state index in [1.165, 1.54) is 47.2 Å². The Morgan fingerprint density at radius 1 is 0.646 bits per heavy atom. The molecule has 0 radical (unpaired) electrons. The highest BCUT2D eigenvalue weighted by Crippen LogP contribution is 2.35. The van der Waals surface area contributed by atoms with Gasteiger partial charge in [-0.1, -0.05) is 89.9 Å². The molecule has 340 valence electrons. The number of rotatable bonds is 10. The van der Waals surface area contributed by atoms with Crippen LogP contribution in [-0.2, 0) is 49.8 Å². The Morgan fingerprint density at radius 3 is 1.51 bits per heavy atom. The van der Waals surface area contributed by atoms with Gasteiger partial charge in [-0.05, 0) is 94.4 Å². The number of benzene rings is 4. The lowest BCUT2D eigenvalue weighted by Gasteiger charge is -2.33. The largest absolute Gasteiger partial charge is 0.507 e. The van der Waals surface area contributed by atoms with Crippen LogP contribution in [0.5, 0.6) is 5.75 Å². The minimum absolute atomic E-state index is 0.0671. The first kappa shape index (κ1) is 49.9. The molecule has 8 rings (SSSR count). The topological polar surface area (TPSA) is 183 Å². The second-order valence-corrected chi connectivity index (χ2v) is 17.2. The summed E-state index contributed by atoms with van der Waals surface area (Å²) in [6.45, 7) is 2.82. The predicted molar refractivity (Wildman–Crippen MR) is 251 cm³/mol. The normalized spacial score (nSPS) is 13.8. The van der Waals surface area contributed by atoms with Crippen molar-refractivity contribution in [2.24, 2.45) is 0 Å². The van der Waals surface area contributed by atoms with Gasteiger partial charge in [-0.2, -0.15) is 0 Å². The van der Waals surface area contributed by atoms with Gasteiger partial charge in [0.1, 0.15) is 29.9 Å². The molecule has 0 bridgehead atoms. The number of carboxylic acids is 2. The number of carbonyl (C=O) groups is 5. The summed E-state index contributed by atoms with van der Waals surface area (Å²) < 4.78 is 10.0. The van der Waals surface area contributed by atoms with Crippen molar-refractivity contribution in [3.05, 3.63) is 179 Å². The van der Waals surface area contributed by atoms with Crippen LogP contribution >= 0.6 is 45.9 Å². The third-order valence-corrected chi connectivity index (χ3v) is 13.0. The van der Waals surface area contributed by atoms with Crippen LogP contribution in [-0.4, -0.2) is 88.8 Å². The average Bonchev–Trinajstić information content (AvgIpc) is 4.00. The molecule has 2 aliphatic rings. The molecule has 0 fully saturated rings. The monoisotopic (exact) mass is 959 g/mol. The Balaban J connectivity index is 0.000000170. The fourth-order valence-electron chi connectivity index (χ4n) is 7.05. The summed E-state index contributed by atoms with van der Waals surface area (Å²) in [7, 11) is 2.85. The first-order chi connectivity index (χ1) is 31.3. The molecule has 6 aromatic rings. The van der Waals surface area contributed by atoms with Gasteiger partial charge in [0.15, 0.2) is 0 Å². The number of halogens is 2. The zero-order valence-corrected chi connectivity index (χ0v) is 38.5. The quantitative estimate of drug-likeness (QED) is 0.0959. The Kier molecular flexibility index (Phi) is 19.1. The number of fused-ring (bicyclic) bond motifs is 2. The van der Waals surface area contributed by atoms with Gasteiger partial charge in [-0.3, -0.25) is 19.4 Å². The van der Waals surface area contributed by atoms with Gasteiger partial charge in [0.05, 0.1) is 14.2 Å². The molecule has 13 nitrogen and oxygen atoms in total. The fraction of sp³-hybridized carbons (Fsp3) is 0.229. The van der Waals surface area contributed by atoms with Gasteiger partial charge in [-0.25, -0.2) is 14.4 Å². The van der Waals surface area contributed by atoms with E-state index in [4.69, 9.17) is 48.0 Å². The van der Waals surface area contributed by atoms with Crippen LogP contribution < -0.4 is 5.32 Å². The number of carbonyl (C=O) groups excluding carboxylic acids is 3. The molecular weight excluding hydrogens is 914 g/mol. The Labute approximate surface area is 394 Å². The fourth-order valence-corrected chi connectivity index (χ4v) is 9.30. The number of ether oxygens (including phenoxy) is 2. The lowest BCUT2D eigenvalue weighted by Crippen LogP contribution is -2.38. The number of nitrogens with zero attached hydrogens (tertiary/aromatic N) is 2. The summed E-state index contributed by atoms with van der Waals surface area (Å²) in [5, 5.41) is 33.3. The van der Waals surface area contributed by atoms with Crippen molar-refractivity contribution in [1.29, 1.82) is 0 Å². The number of nitrogens with one attached hydrogen (secondary N) is 1. The Hall–Kier alpha value is -6.07. The van der Waals surface area contributed by atoms with Crippen LogP contribution in [0.15, 0.2) is 126 Å². The van der Waals surface area contributed by atoms with E-state index in [9.17, 15) is 24.0 Å². The van der Waals surface area contributed by atoms with Crippen molar-refractivity contribution in [2.75, 3.05) is 33.9 Å². The molecule has 0 spiro atoms. The molecule has 0 saturated carbocycles. The first-order valence-electron chi connectivity index (χ1n) is 20.1. The van der Waals surface area contributed by atoms with Crippen LogP contribution in [0.3, 0.4) is 0 Å². The molecule has 1 amide bonds. The third kappa shape index (κ3) is 14.0. The summed E-state index contributed by atoms with van der Waals surface area (Å²) in [5.41, 5.74) is 4.61. The maximum Gasteiger partial charge on any atom is 0.339 e. The standard InChI is InChI=1S/2C16H16ClNO2S.C9H9NO3.C7H6O3/c2*1-20-16(19)15(12-4-2-3-5-13(12)17)18-8-6-14-11(10-18)7-9-21-14;11-8(12)6-10-9(13)7-4-2-1-3-5-7;8-6-4-2-1-3-5(6)7(9)10/h2*2-5,7,9,15H,6,8,10H2,1H3;1-5H,6H2,(H,10,13)(H,11,12);1-4,8H,(H,9,10)/t2*15-;;/m00../s1. The Bertz CT molecular complexity index is 2440. The van der Waals surface area contributed by atoms with Crippen LogP contribution in [0.4, 0.5) is 0 Å². The van der Waals surface area contributed by atoms with Crippen molar-refractivity contribution in [3.8, 4) is 5.75 Å². The molecule has 0 aliphatic carbocycles. The van der Waals surface area contributed by atoms with E-state index in [1.54, 1.807) is 65.1 Å². The van der Waals surface area contributed by atoms with Gasteiger partial charge in [-0.15, -0.1) is 22.7 Å². The summed E-state index contributed by atoms with van der Waals surface area (Å²) in [4.78, 5) is 63.2. The molecular formula is C48H47Cl2N3O10S2. The molecule has 0 saturated heterocycles. The van der Waals surface area contributed by atoms with Crippen LogP contribution in [0.25, 0.3) is 0 Å². The Morgan fingerprint density at radius 2 is 1.09 bits per heavy atom. The van der Waals surface area contributed by atoms with Crippen molar-refractivity contribution in [3.63, 3.8) is 0 Å². The number of para-hydroxylation sites is 1. The van der Waals surface area contributed by atoms with Crippen LogP contribution in [0.1, 0.15) is 64.8 Å². The lowest BCUT2D eigenvalue weighted by molar-refractivity contribution is -0.148. The van der Waals surface area contributed by atoms with Crippen LogP contribution in [0, 0.1) is 0 Å². The zero-order valence-electron chi connectivity index (χ0n) is 35.4. The van der Waals surface area contributed by atoms with E-state index >= 15 is 0 Å². The lowest BCUT2D eigenvalue weighted by atomic mass is 10.0. The average molecular weight is 961 g/mol. The van der Waals surface area contributed by atoms with Crippen molar-refractivity contribution in [1.82, 2.24) is 15.1 Å². The van der Waals surface area contributed by atoms with Gasteiger partial charge < -0.3 is 30.1 Å². The first-order valence-corrected chi connectivity index (χ1v) is 22.6. The summed E-state index contributed by atoms with van der Waals surface area (Å²) in [6.07, 6.45) is 1.93. The zero-order chi connectivity index (χ0) is 46.9. The highest BCUT2D eigenvalue weighted by molar-refractivity contribution is 7.10. The highest BCUT2D eigenvalue weighted by Gasteiger charge is 2.34. The number of thiophene rings is 2. The van der Waals surface area contributed by atoms with E-state index in [1.807, 2.05) is 48.5 Å². The number of hydrogen-bond acceptors (Lipinski definition) is 12. The van der Waals surface area contributed by atoms with Gasteiger partial charge in [0.2, 0.25) is 0 Å². The molecule has 0 unspecified atom stereocenters.